The maximum atomic E-state index is 5.92. The first kappa shape index (κ1) is 14.4. The first-order valence-corrected chi connectivity index (χ1v) is 7.78. The van der Waals surface area contributed by atoms with Crippen molar-refractivity contribution < 1.29 is 4.74 Å². The largest absolute Gasteiger partial charge is 0.495 e. The SMILES string of the molecule is COc1ccc(Br)cc1-n1c(CCCl)nc2cnccc21. The molecule has 0 N–H and O–H groups in total. The van der Waals surface area contributed by atoms with Gasteiger partial charge in [0.15, 0.2) is 0 Å². The number of imidazole rings is 1. The average molecular weight is 367 g/mol. The van der Waals surface area contributed by atoms with E-state index in [2.05, 4.69) is 30.5 Å². The van der Waals surface area contributed by atoms with Crippen LogP contribution in [0.25, 0.3) is 16.7 Å². The molecule has 0 aliphatic carbocycles. The Hall–Kier alpha value is -1.59. The minimum absolute atomic E-state index is 0.507. The Labute approximate surface area is 135 Å². The Morgan fingerprint density at radius 1 is 1.33 bits per heavy atom. The summed E-state index contributed by atoms with van der Waals surface area (Å²) < 4.78 is 8.54. The summed E-state index contributed by atoms with van der Waals surface area (Å²) in [6, 6.07) is 7.83. The number of fused-ring (bicyclic) bond motifs is 1. The fraction of sp³-hybridized carbons (Fsp3) is 0.200. The van der Waals surface area contributed by atoms with E-state index < -0.39 is 0 Å². The molecular weight excluding hydrogens is 354 g/mol. The van der Waals surface area contributed by atoms with Crippen LogP contribution in [0.5, 0.6) is 5.75 Å². The van der Waals surface area contributed by atoms with Crippen LogP contribution in [0.1, 0.15) is 5.82 Å². The minimum atomic E-state index is 0.507. The van der Waals surface area contributed by atoms with Gasteiger partial charge in [0.05, 0.1) is 24.5 Å². The molecule has 0 fully saturated rings. The van der Waals surface area contributed by atoms with Crippen LogP contribution in [-0.4, -0.2) is 27.5 Å². The fourth-order valence-corrected chi connectivity index (χ4v) is 2.86. The Morgan fingerprint density at radius 3 is 2.95 bits per heavy atom. The normalized spacial score (nSPS) is 11.0. The van der Waals surface area contributed by atoms with Crippen LogP contribution in [-0.2, 0) is 6.42 Å². The van der Waals surface area contributed by atoms with Gasteiger partial charge in [0.2, 0.25) is 0 Å². The predicted molar refractivity (Wildman–Crippen MR) is 87.5 cm³/mol. The number of rotatable bonds is 4. The van der Waals surface area contributed by atoms with Crippen molar-refractivity contribution in [2.75, 3.05) is 13.0 Å². The highest BCUT2D eigenvalue weighted by molar-refractivity contribution is 9.10. The van der Waals surface area contributed by atoms with Crippen LogP contribution in [0.2, 0.25) is 0 Å². The van der Waals surface area contributed by atoms with Crippen molar-refractivity contribution in [2.45, 2.75) is 6.42 Å². The smallest absolute Gasteiger partial charge is 0.142 e. The number of methoxy groups -OCH3 is 1. The van der Waals surface area contributed by atoms with Gasteiger partial charge in [-0.25, -0.2) is 4.98 Å². The molecule has 6 heteroatoms. The van der Waals surface area contributed by atoms with Gasteiger partial charge in [0, 0.05) is 23.0 Å². The van der Waals surface area contributed by atoms with E-state index >= 15 is 0 Å². The molecule has 3 rings (SSSR count). The summed E-state index contributed by atoms with van der Waals surface area (Å²) in [4.78, 5) is 8.76. The molecule has 0 unspecified atom stereocenters. The molecule has 0 aliphatic rings. The van der Waals surface area contributed by atoms with E-state index in [-0.39, 0.29) is 0 Å². The summed E-state index contributed by atoms with van der Waals surface area (Å²) in [6.07, 6.45) is 4.19. The topological polar surface area (TPSA) is 39.9 Å². The average Bonchev–Trinajstić information content (AvgIpc) is 2.85. The quantitative estimate of drug-likeness (QED) is 0.656. The first-order valence-electron chi connectivity index (χ1n) is 6.46. The molecule has 108 valence electrons. The van der Waals surface area contributed by atoms with E-state index in [9.17, 15) is 0 Å². The van der Waals surface area contributed by atoms with Gasteiger partial charge in [0.1, 0.15) is 17.1 Å². The minimum Gasteiger partial charge on any atom is -0.495 e. The number of pyridine rings is 1. The van der Waals surface area contributed by atoms with Gasteiger partial charge in [-0.3, -0.25) is 9.55 Å². The van der Waals surface area contributed by atoms with Gasteiger partial charge < -0.3 is 4.74 Å². The maximum Gasteiger partial charge on any atom is 0.142 e. The summed E-state index contributed by atoms with van der Waals surface area (Å²) >= 11 is 9.43. The van der Waals surface area contributed by atoms with Crippen molar-refractivity contribution >= 4 is 38.6 Å². The standard InChI is InChI=1S/C15H13BrClN3O/c1-21-14-3-2-10(16)8-13(14)20-12-5-7-18-9-11(12)19-15(20)4-6-17/h2-3,5,7-9H,4,6H2,1H3. The lowest BCUT2D eigenvalue weighted by Gasteiger charge is -2.13. The summed E-state index contributed by atoms with van der Waals surface area (Å²) in [6.45, 7) is 0. The number of benzene rings is 1. The van der Waals surface area contributed by atoms with E-state index in [4.69, 9.17) is 16.3 Å². The van der Waals surface area contributed by atoms with Gasteiger partial charge >= 0.3 is 0 Å². The molecule has 0 bridgehead atoms. The molecule has 0 atom stereocenters. The molecule has 21 heavy (non-hydrogen) atoms. The summed E-state index contributed by atoms with van der Waals surface area (Å²) in [7, 11) is 1.66. The molecule has 3 aromatic rings. The number of nitrogens with zero attached hydrogens (tertiary/aromatic N) is 3. The number of hydrogen-bond donors (Lipinski definition) is 0. The van der Waals surface area contributed by atoms with E-state index in [1.807, 2.05) is 24.3 Å². The Kier molecular flexibility index (Phi) is 4.12. The highest BCUT2D eigenvalue weighted by Crippen LogP contribution is 2.31. The maximum absolute atomic E-state index is 5.92. The zero-order valence-electron chi connectivity index (χ0n) is 11.4. The van der Waals surface area contributed by atoms with E-state index in [0.717, 1.165) is 32.8 Å². The Morgan fingerprint density at radius 2 is 2.19 bits per heavy atom. The number of aromatic nitrogens is 3. The van der Waals surface area contributed by atoms with Crippen molar-refractivity contribution in [1.82, 2.24) is 14.5 Å². The fourth-order valence-electron chi connectivity index (χ4n) is 2.34. The van der Waals surface area contributed by atoms with Crippen molar-refractivity contribution in [1.29, 1.82) is 0 Å². The van der Waals surface area contributed by atoms with Gasteiger partial charge in [-0.15, -0.1) is 11.6 Å². The zero-order chi connectivity index (χ0) is 14.8. The number of aryl methyl sites for hydroxylation is 1. The molecule has 0 aliphatic heterocycles. The van der Waals surface area contributed by atoms with Crippen LogP contribution in [0.15, 0.2) is 41.1 Å². The second kappa shape index (κ2) is 6.03. The van der Waals surface area contributed by atoms with E-state index in [1.165, 1.54) is 0 Å². The highest BCUT2D eigenvalue weighted by atomic mass is 79.9. The van der Waals surface area contributed by atoms with Crippen molar-refractivity contribution in [3.8, 4) is 11.4 Å². The second-order valence-electron chi connectivity index (χ2n) is 4.48. The van der Waals surface area contributed by atoms with Gasteiger partial charge in [-0.05, 0) is 24.3 Å². The van der Waals surface area contributed by atoms with Crippen LogP contribution >= 0.6 is 27.5 Å². The van der Waals surface area contributed by atoms with Crippen molar-refractivity contribution in [2.24, 2.45) is 0 Å². The molecule has 0 saturated heterocycles. The third-order valence-electron chi connectivity index (χ3n) is 3.23. The molecule has 0 spiro atoms. The lowest BCUT2D eigenvalue weighted by Crippen LogP contribution is -2.04. The van der Waals surface area contributed by atoms with Gasteiger partial charge in [0.25, 0.3) is 0 Å². The third kappa shape index (κ3) is 2.63. The number of halogens is 2. The zero-order valence-corrected chi connectivity index (χ0v) is 13.7. The van der Waals surface area contributed by atoms with Crippen LogP contribution in [0, 0.1) is 0 Å². The number of ether oxygens (including phenoxy) is 1. The lowest BCUT2D eigenvalue weighted by atomic mass is 10.2. The summed E-state index contributed by atoms with van der Waals surface area (Å²) in [5.74, 6) is 2.18. The summed E-state index contributed by atoms with van der Waals surface area (Å²) in [5.41, 5.74) is 2.77. The molecule has 1 aromatic carbocycles. The summed E-state index contributed by atoms with van der Waals surface area (Å²) in [5, 5.41) is 0. The number of alkyl halides is 1. The molecule has 2 heterocycles. The molecule has 0 amide bonds. The van der Waals surface area contributed by atoms with Crippen LogP contribution < -0.4 is 4.74 Å². The van der Waals surface area contributed by atoms with Crippen LogP contribution in [0.3, 0.4) is 0 Å². The molecule has 0 saturated carbocycles. The molecule has 0 radical (unpaired) electrons. The Bertz CT molecular complexity index is 788. The highest BCUT2D eigenvalue weighted by Gasteiger charge is 2.15. The lowest BCUT2D eigenvalue weighted by molar-refractivity contribution is 0.412. The third-order valence-corrected chi connectivity index (χ3v) is 3.91. The van der Waals surface area contributed by atoms with E-state index in [1.54, 1.807) is 19.5 Å². The molecule has 2 aromatic heterocycles. The second-order valence-corrected chi connectivity index (χ2v) is 5.78. The van der Waals surface area contributed by atoms with Crippen molar-refractivity contribution in [3.05, 3.63) is 47.0 Å². The molecular formula is C15H13BrClN3O. The number of hydrogen-bond acceptors (Lipinski definition) is 3. The monoisotopic (exact) mass is 365 g/mol. The van der Waals surface area contributed by atoms with Gasteiger partial charge in [-0.1, -0.05) is 15.9 Å². The van der Waals surface area contributed by atoms with Gasteiger partial charge in [-0.2, -0.15) is 0 Å². The van der Waals surface area contributed by atoms with E-state index in [0.29, 0.717) is 12.3 Å². The first-order chi connectivity index (χ1) is 10.2. The molecule has 4 nitrogen and oxygen atoms in total. The predicted octanol–water partition coefficient (Wildman–Crippen LogP) is 3.97. The van der Waals surface area contributed by atoms with Crippen LogP contribution in [0.4, 0.5) is 0 Å². The van der Waals surface area contributed by atoms with Crippen molar-refractivity contribution in [3.63, 3.8) is 0 Å². The Balaban J connectivity index is 2.32.